The smallest absolute Gasteiger partial charge is 0.351 e. The predicted molar refractivity (Wildman–Crippen MR) is 65.0 cm³/mol. The van der Waals surface area contributed by atoms with E-state index < -0.39 is 5.97 Å². The van der Waals surface area contributed by atoms with Gasteiger partial charge in [-0.05, 0) is 6.92 Å². The number of nitrogens with zero attached hydrogens (tertiary/aromatic N) is 1. The van der Waals surface area contributed by atoms with Crippen molar-refractivity contribution in [2.75, 3.05) is 19.0 Å². The molecular weight excluding hydrogens is 248 g/mol. The van der Waals surface area contributed by atoms with Crippen molar-refractivity contribution >= 4 is 34.0 Å². The maximum absolute atomic E-state index is 11.2. The van der Waals surface area contributed by atoms with E-state index in [0.717, 1.165) is 6.42 Å². The molecule has 0 saturated heterocycles. The molecule has 0 aliphatic rings. The van der Waals surface area contributed by atoms with E-state index >= 15 is 0 Å². The van der Waals surface area contributed by atoms with E-state index in [1.54, 1.807) is 6.92 Å². The fraction of sp³-hybridized carbons (Fsp3) is 0.400. The van der Waals surface area contributed by atoms with Crippen LogP contribution < -0.4 is 5.32 Å². The number of rotatable bonds is 4. The normalized spacial score (nSPS) is 9.19. The lowest BCUT2D eigenvalue weighted by Crippen LogP contribution is -1.99. The highest BCUT2D eigenvalue weighted by Gasteiger charge is 2.16. The van der Waals surface area contributed by atoms with E-state index in [0.29, 0.717) is 16.6 Å². The maximum atomic E-state index is 11.2. The molecule has 0 radical (unpaired) electrons. The third-order valence-corrected chi connectivity index (χ3v) is 3.04. The van der Waals surface area contributed by atoms with Gasteiger partial charge >= 0.3 is 5.97 Å². The number of aromatic nitrogens is 1. The second kappa shape index (κ2) is 6.36. The molecule has 16 heavy (non-hydrogen) atoms. The average molecular weight is 259 g/mol. The van der Waals surface area contributed by atoms with Gasteiger partial charge in [0.2, 0.25) is 0 Å². The van der Waals surface area contributed by atoms with Gasteiger partial charge in [0, 0.05) is 13.0 Å². The minimum Gasteiger partial charge on any atom is -0.465 e. The molecule has 0 fully saturated rings. The lowest BCUT2D eigenvalue weighted by Gasteiger charge is -1.96. The van der Waals surface area contributed by atoms with Crippen LogP contribution in [0.1, 0.15) is 23.0 Å². The SMILES string of the molecule is CC#CCCNc1nc(Cl)c(C(=O)OC)s1. The molecule has 1 aromatic heterocycles. The number of halogens is 1. The number of ether oxygens (including phenoxy) is 1. The van der Waals surface area contributed by atoms with Crippen LogP contribution in [0.15, 0.2) is 0 Å². The summed E-state index contributed by atoms with van der Waals surface area (Å²) < 4.78 is 4.57. The molecule has 0 bridgehead atoms. The molecule has 6 heteroatoms. The Labute approximate surface area is 103 Å². The molecule has 86 valence electrons. The van der Waals surface area contributed by atoms with Crippen LogP contribution in [0.2, 0.25) is 5.15 Å². The van der Waals surface area contributed by atoms with Crippen molar-refractivity contribution in [2.45, 2.75) is 13.3 Å². The molecule has 0 amide bonds. The lowest BCUT2D eigenvalue weighted by molar-refractivity contribution is 0.0606. The van der Waals surface area contributed by atoms with E-state index in [1.165, 1.54) is 18.4 Å². The van der Waals surface area contributed by atoms with Gasteiger partial charge in [-0.3, -0.25) is 0 Å². The Bertz CT molecular complexity index is 434. The van der Waals surface area contributed by atoms with Gasteiger partial charge in [-0.1, -0.05) is 22.9 Å². The van der Waals surface area contributed by atoms with Gasteiger partial charge in [0.25, 0.3) is 0 Å². The summed E-state index contributed by atoms with van der Waals surface area (Å²) in [7, 11) is 1.31. The van der Waals surface area contributed by atoms with Gasteiger partial charge in [0.1, 0.15) is 0 Å². The van der Waals surface area contributed by atoms with Crippen LogP contribution in [-0.2, 0) is 4.74 Å². The summed E-state index contributed by atoms with van der Waals surface area (Å²) >= 11 is 6.96. The Morgan fingerprint density at radius 1 is 1.69 bits per heavy atom. The Morgan fingerprint density at radius 2 is 2.44 bits per heavy atom. The van der Waals surface area contributed by atoms with E-state index in [1.807, 2.05) is 0 Å². The minimum atomic E-state index is -0.469. The summed E-state index contributed by atoms with van der Waals surface area (Å²) in [5, 5.41) is 3.80. The molecular formula is C10H11ClN2O2S. The van der Waals surface area contributed by atoms with Gasteiger partial charge in [0.15, 0.2) is 15.2 Å². The molecule has 0 atom stereocenters. The molecule has 0 unspecified atom stereocenters. The monoisotopic (exact) mass is 258 g/mol. The van der Waals surface area contributed by atoms with Crippen molar-refractivity contribution in [2.24, 2.45) is 0 Å². The van der Waals surface area contributed by atoms with Crippen LogP contribution in [0.3, 0.4) is 0 Å². The standard InChI is InChI=1S/C10H11ClN2O2S/c1-3-4-5-6-12-10-13-8(11)7(16-10)9(14)15-2/h5-6H2,1-2H3,(H,12,13). The zero-order valence-electron chi connectivity index (χ0n) is 8.96. The van der Waals surface area contributed by atoms with Gasteiger partial charge in [-0.15, -0.1) is 11.8 Å². The number of thiazole rings is 1. The molecule has 1 aromatic rings. The summed E-state index contributed by atoms with van der Waals surface area (Å²) in [5.74, 6) is 5.24. The maximum Gasteiger partial charge on any atom is 0.351 e. The van der Waals surface area contributed by atoms with Crippen LogP contribution in [0.5, 0.6) is 0 Å². The van der Waals surface area contributed by atoms with Crippen LogP contribution in [0.25, 0.3) is 0 Å². The van der Waals surface area contributed by atoms with Crippen LogP contribution >= 0.6 is 22.9 Å². The first-order chi connectivity index (χ1) is 7.69. The first-order valence-electron chi connectivity index (χ1n) is 4.57. The second-order valence-corrected chi connectivity index (χ2v) is 4.09. The number of esters is 1. The van der Waals surface area contributed by atoms with E-state index in [-0.39, 0.29) is 5.15 Å². The summed E-state index contributed by atoms with van der Waals surface area (Å²) in [6.45, 7) is 2.46. The Hall–Kier alpha value is -1.25. The Balaban J connectivity index is 2.61. The Morgan fingerprint density at radius 3 is 3.06 bits per heavy atom. The summed E-state index contributed by atoms with van der Waals surface area (Å²) in [6, 6.07) is 0. The Kier molecular flexibility index (Phi) is 5.09. The van der Waals surface area contributed by atoms with Gasteiger partial charge in [0.05, 0.1) is 7.11 Å². The zero-order chi connectivity index (χ0) is 12.0. The van der Waals surface area contributed by atoms with Crippen molar-refractivity contribution in [3.05, 3.63) is 10.0 Å². The fourth-order valence-electron chi connectivity index (χ4n) is 0.953. The second-order valence-electron chi connectivity index (χ2n) is 2.73. The van der Waals surface area contributed by atoms with Gasteiger partial charge in [-0.25, -0.2) is 9.78 Å². The number of nitrogens with one attached hydrogen (secondary N) is 1. The minimum absolute atomic E-state index is 0.168. The summed E-state index contributed by atoms with van der Waals surface area (Å²) in [5.41, 5.74) is 0. The average Bonchev–Trinajstić information content (AvgIpc) is 2.65. The molecule has 0 aromatic carbocycles. The highest BCUT2D eigenvalue weighted by Crippen LogP contribution is 2.27. The van der Waals surface area contributed by atoms with Gasteiger partial charge < -0.3 is 10.1 Å². The first kappa shape index (κ1) is 12.8. The number of hydrogen-bond donors (Lipinski definition) is 1. The van der Waals surface area contributed by atoms with E-state index in [4.69, 9.17) is 11.6 Å². The van der Waals surface area contributed by atoms with Gasteiger partial charge in [-0.2, -0.15) is 0 Å². The highest BCUT2D eigenvalue weighted by atomic mass is 35.5. The number of hydrogen-bond acceptors (Lipinski definition) is 5. The highest BCUT2D eigenvalue weighted by molar-refractivity contribution is 7.18. The lowest BCUT2D eigenvalue weighted by atomic mass is 10.4. The molecule has 1 heterocycles. The van der Waals surface area contributed by atoms with Crippen LogP contribution in [-0.4, -0.2) is 24.6 Å². The topological polar surface area (TPSA) is 51.2 Å². The molecule has 0 saturated carbocycles. The van der Waals surface area contributed by atoms with Crippen LogP contribution in [0, 0.1) is 11.8 Å². The molecule has 0 spiro atoms. The van der Waals surface area contributed by atoms with Crippen molar-refractivity contribution in [1.29, 1.82) is 0 Å². The largest absolute Gasteiger partial charge is 0.465 e. The van der Waals surface area contributed by atoms with Crippen LogP contribution in [0.4, 0.5) is 5.13 Å². The quantitative estimate of drug-likeness (QED) is 0.512. The zero-order valence-corrected chi connectivity index (χ0v) is 10.5. The number of anilines is 1. The molecule has 1 N–H and O–H groups in total. The summed E-state index contributed by atoms with van der Waals surface area (Å²) in [4.78, 5) is 15.6. The molecule has 1 rings (SSSR count). The van der Waals surface area contributed by atoms with Crippen molar-refractivity contribution < 1.29 is 9.53 Å². The molecule has 4 nitrogen and oxygen atoms in total. The predicted octanol–water partition coefficient (Wildman–Crippen LogP) is 2.41. The number of carbonyl (C=O) groups excluding carboxylic acids is 1. The van der Waals surface area contributed by atoms with Crippen molar-refractivity contribution in [3.63, 3.8) is 0 Å². The van der Waals surface area contributed by atoms with E-state index in [2.05, 4.69) is 26.9 Å². The van der Waals surface area contributed by atoms with Crippen molar-refractivity contribution in [1.82, 2.24) is 4.98 Å². The molecule has 0 aliphatic heterocycles. The summed E-state index contributed by atoms with van der Waals surface area (Å²) in [6.07, 6.45) is 0.723. The molecule has 0 aliphatic carbocycles. The fourth-order valence-corrected chi connectivity index (χ4v) is 2.08. The van der Waals surface area contributed by atoms with E-state index in [9.17, 15) is 4.79 Å². The number of methoxy groups -OCH3 is 1. The first-order valence-corrected chi connectivity index (χ1v) is 5.76. The van der Waals surface area contributed by atoms with Crippen molar-refractivity contribution in [3.8, 4) is 11.8 Å². The third kappa shape index (κ3) is 3.40. The third-order valence-electron chi connectivity index (χ3n) is 1.66. The number of carbonyl (C=O) groups is 1.